The van der Waals surface area contributed by atoms with Crippen LogP contribution in [0.25, 0.3) is 0 Å². The number of aryl methyl sites for hydroxylation is 1. The molecule has 0 spiro atoms. The highest BCUT2D eigenvalue weighted by atomic mass is 79.9. The molecule has 0 atom stereocenters. The van der Waals surface area contributed by atoms with Crippen LogP contribution in [0.15, 0.2) is 59.3 Å². The number of halogens is 1. The average Bonchev–Trinajstić information content (AvgIpc) is 2.59. The van der Waals surface area contributed by atoms with Crippen molar-refractivity contribution >= 4 is 38.9 Å². The maximum Gasteiger partial charge on any atom is 0.135 e. The Labute approximate surface area is 148 Å². The molecule has 118 valence electrons. The number of hydrogen-bond donors (Lipinski definition) is 2. The third-order valence-electron chi connectivity index (χ3n) is 3.36. The van der Waals surface area contributed by atoms with Crippen molar-refractivity contribution in [2.24, 2.45) is 0 Å². The standard InChI is InChI=1S/C18H14BrN5/c1-12-7-15(5-6-16(12)19)24-18-9-17(21-11-22-18)23-14-4-2-3-13(8-14)10-20/h2-9,11H,1H3,(H2,21,22,23,24). The normalized spacial score (nSPS) is 10.0. The van der Waals surface area contributed by atoms with Gasteiger partial charge >= 0.3 is 0 Å². The fourth-order valence-corrected chi connectivity index (χ4v) is 2.43. The molecule has 5 nitrogen and oxygen atoms in total. The molecular formula is C18H14BrN5. The van der Waals surface area contributed by atoms with E-state index in [0.717, 1.165) is 21.4 Å². The lowest BCUT2D eigenvalue weighted by Gasteiger charge is -2.10. The van der Waals surface area contributed by atoms with Crippen LogP contribution in [0, 0.1) is 18.3 Å². The van der Waals surface area contributed by atoms with Gasteiger partial charge in [0.1, 0.15) is 18.0 Å². The molecule has 0 fully saturated rings. The molecule has 2 N–H and O–H groups in total. The first kappa shape index (κ1) is 16.0. The monoisotopic (exact) mass is 379 g/mol. The Morgan fingerprint density at radius 1 is 0.958 bits per heavy atom. The minimum absolute atomic E-state index is 0.595. The summed E-state index contributed by atoms with van der Waals surface area (Å²) >= 11 is 3.49. The number of aromatic nitrogens is 2. The molecule has 0 radical (unpaired) electrons. The van der Waals surface area contributed by atoms with Gasteiger partial charge in [-0.15, -0.1) is 0 Å². The van der Waals surface area contributed by atoms with Gasteiger partial charge in [-0.05, 0) is 48.9 Å². The Morgan fingerprint density at radius 3 is 2.33 bits per heavy atom. The lowest BCUT2D eigenvalue weighted by Crippen LogP contribution is -1.99. The first-order chi connectivity index (χ1) is 11.6. The zero-order chi connectivity index (χ0) is 16.9. The van der Waals surface area contributed by atoms with Crippen molar-refractivity contribution in [3.05, 3.63) is 70.5 Å². The number of nitriles is 1. The predicted molar refractivity (Wildman–Crippen MR) is 98.6 cm³/mol. The van der Waals surface area contributed by atoms with Gasteiger partial charge in [0.05, 0.1) is 11.6 Å². The van der Waals surface area contributed by atoms with E-state index in [-0.39, 0.29) is 0 Å². The number of benzene rings is 2. The van der Waals surface area contributed by atoms with E-state index in [1.807, 2.05) is 43.3 Å². The first-order valence-corrected chi connectivity index (χ1v) is 8.06. The third kappa shape index (κ3) is 3.89. The predicted octanol–water partition coefficient (Wildman–Crippen LogP) is 4.91. The van der Waals surface area contributed by atoms with Crippen LogP contribution in [-0.4, -0.2) is 9.97 Å². The van der Waals surface area contributed by atoms with Crippen molar-refractivity contribution in [1.82, 2.24) is 9.97 Å². The minimum atomic E-state index is 0.595. The zero-order valence-corrected chi connectivity index (χ0v) is 14.5. The van der Waals surface area contributed by atoms with Crippen LogP contribution < -0.4 is 10.6 Å². The van der Waals surface area contributed by atoms with E-state index in [0.29, 0.717) is 17.2 Å². The molecule has 0 unspecified atom stereocenters. The van der Waals surface area contributed by atoms with Gasteiger partial charge in [0.15, 0.2) is 0 Å². The quantitative estimate of drug-likeness (QED) is 0.673. The van der Waals surface area contributed by atoms with E-state index in [1.165, 1.54) is 6.33 Å². The Balaban J connectivity index is 1.78. The van der Waals surface area contributed by atoms with Crippen molar-refractivity contribution in [2.45, 2.75) is 6.92 Å². The van der Waals surface area contributed by atoms with Crippen LogP contribution in [0.5, 0.6) is 0 Å². The summed E-state index contributed by atoms with van der Waals surface area (Å²) in [5, 5.41) is 15.4. The molecule has 1 aromatic heterocycles. The van der Waals surface area contributed by atoms with Crippen molar-refractivity contribution < 1.29 is 0 Å². The largest absolute Gasteiger partial charge is 0.340 e. The summed E-state index contributed by atoms with van der Waals surface area (Å²) in [7, 11) is 0. The van der Waals surface area contributed by atoms with Gasteiger partial charge in [-0.25, -0.2) is 9.97 Å². The summed E-state index contributed by atoms with van der Waals surface area (Å²) < 4.78 is 1.07. The maximum atomic E-state index is 8.96. The fraction of sp³-hybridized carbons (Fsp3) is 0.0556. The molecule has 0 saturated carbocycles. The zero-order valence-electron chi connectivity index (χ0n) is 12.9. The highest BCUT2D eigenvalue weighted by Crippen LogP contribution is 2.23. The third-order valence-corrected chi connectivity index (χ3v) is 4.25. The highest BCUT2D eigenvalue weighted by Gasteiger charge is 2.03. The number of nitrogens with one attached hydrogen (secondary N) is 2. The van der Waals surface area contributed by atoms with E-state index < -0.39 is 0 Å². The summed E-state index contributed by atoms with van der Waals surface area (Å²) in [6.45, 7) is 2.03. The van der Waals surface area contributed by atoms with Crippen LogP contribution in [-0.2, 0) is 0 Å². The summed E-state index contributed by atoms with van der Waals surface area (Å²) in [6.07, 6.45) is 1.49. The Morgan fingerprint density at radius 2 is 1.67 bits per heavy atom. The van der Waals surface area contributed by atoms with Crippen LogP contribution in [0.1, 0.15) is 11.1 Å². The highest BCUT2D eigenvalue weighted by molar-refractivity contribution is 9.10. The van der Waals surface area contributed by atoms with E-state index in [1.54, 1.807) is 12.1 Å². The van der Waals surface area contributed by atoms with Crippen LogP contribution >= 0.6 is 15.9 Å². The number of rotatable bonds is 4. The van der Waals surface area contributed by atoms with Gasteiger partial charge in [0.25, 0.3) is 0 Å². The van der Waals surface area contributed by atoms with E-state index in [9.17, 15) is 0 Å². The SMILES string of the molecule is Cc1cc(Nc2cc(Nc3cccc(C#N)c3)ncn2)ccc1Br. The second-order valence-corrected chi connectivity index (χ2v) is 6.05. The molecule has 6 heteroatoms. The Bertz CT molecular complexity index is 917. The molecule has 3 rings (SSSR count). The Kier molecular flexibility index (Phi) is 4.73. The molecule has 0 amide bonds. The molecule has 3 aromatic rings. The van der Waals surface area contributed by atoms with Crippen molar-refractivity contribution in [2.75, 3.05) is 10.6 Å². The summed E-state index contributed by atoms with van der Waals surface area (Å²) in [5.74, 6) is 1.34. The number of hydrogen-bond acceptors (Lipinski definition) is 5. The molecule has 1 heterocycles. The smallest absolute Gasteiger partial charge is 0.135 e. The summed E-state index contributed by atoms with van der Waals surface area (Å²) in [5.41, 5.74) is 3.49. The van der Waals surface area contributed by atoms with Crippen molar-refractivity contribution in [1.29, 1.82) is 5.26 Å². The maximum absolute atomic E-state index is 8.96. The number of nitrogens with zero attached hydrogens (tertiary/aromatic N) is 3. The van der Waals surface area contributed by atoms with E-state index in [2.05, 4.69) is 42.6 Å². The van der Waals surface area contributed by atoms with Crippen molar-refractivity contribution in [3.63, 3.8) is 0 Å². The molecule has 0 aliphatic carbocycles. The van der Waals surface area contributed by atoms with Gasteiger partial charge in [0.2, 0.25) is 0 Å². The topological polar surface area (TPSA) is 73.6 Å². The Hall–Kier alpha value is -2.91. The van der Waals surface area contributed by atoms with Crippen molar-refractivity contribution in [3.8, 4) is 6.07 Å². The molecule has 0 aliphatic rings. The first-order valence-electron chi connectivity index (χ1n) is 7.26. The average molecular weight is 380 g/mol. The summed E-state index contributed by atoms with van der Waals surface area (Å²) in [4.78, 5) is 8.45. The van der Waals surface area contributed by atoms with Gasteiger partial charge in [-0.1, -0.05) is 22.0 Å². The van der Waals surface area contributed by atoms with Crippen LogP contribution in [0.4, 0.5) is 23.0 Å². The van der Waals surface area contributed by atoms with E-state index in [4.69, 9.17) is 5.26 Å². The number of anilines is 4. The van der Waals surface area contributed by atoms with Crippen LogP contribution in [0.3, 0.4) is 0 Å². The second-order valence-electron chi connectivity index (χ2n) is 5.20. The fourth-order valence-electron chi connectivity index (χ4n) is 2.18. The lowest BCUT2D eigenvalue weighted by atomic mass is 10.2. The second kappa shape index (κ2) is 7.11. The van der Waals surface area contributed by atoms with Gasteiger partial charge < -0.3 is 10.6 Å². The van der Waals surface area contributed by atoms with Gasteiger partial charge in [0, 0.05) is 21.9 Å². The molecular weight excluding hydrogens is 366 g/mol. The van der Waals surface area contributed by atoms with Crippen LogP contribution in [0.2, 0.25) is 0 Å². The van der Waals surface area contributed by atoms with E-state index >= 15 is 0 Å². The molecule has 24 heavy (non-hydrogen) atoms. The molecule has 0 saturated heterocycles. The minimum Gasteiger partial charge on any atom is -0.340 e. The molecule has 0 aliphatic heterocycles. The molecule has 2 aromatic carbocycles. The molecule has 0 bridgehead atoms. The summed E-state index contributed by atoms with van der Waals surface area (Å²) in [6, 6.07) is 17.2. The van der Waals surface area contributed by atoms with Gasteiger partial charge in [-0.2, -0.15) is 5.26 Å². The lowest BCUT2D eigenvalue weighted by molar-refractivity contribution is 1.17. The van der Waals surface area contributed by atoms with Gasteiger partial charge in [-0.3, -0.25) is 0 Å².